The molecular weight excluding hydrogens is 345 g/mol. The van der Waals surface area contributed by atoms with Crippen molar-refractivity contribution in [2.75, 3.05) is 19.6 Å². The largest absolute Gasteiger partial charge is 0.668 e. The maximum Gasteiger partial charge on any atom is 0.668 e. The molecule has 25 heavy (non-hydrogen) atoms. The van der Waals surface area contributed by atoms with E-state index in [2.05, 4.69) is 11.8 Å². The van der Waals surface area contributed by atoms with Gasteiger partial charge >= 0.3 is 7.82 Å². The van der Waals surface area contributed by atoms with Crippen LogP contribution in [0.25, 0.3) is 10.9 Å². The average molecular weight is 363 g/mol. The van der Waals surface area contributed by atoms with Crippen LogP contribution >= 0.6 is 7.82 Å². The van der Waals surface area contributed by atoms with Gasteiger partial charge in [-0.15, -0.1) is 4.73 Å². The van der Waals surface area contributed by atoms with Crippen molar-refractivity contribution in [3.05, 3.63) is 23.3 Å². The topological polar surface area (TPSA) is 96.0 Å². The maximum atomic E-state index is 12.7. The number of benzene rings is 1. The van der Waals surface area contributed by atoms with Crippen LogP contribution in [0.3, 0.4) is 0 Å². The lowest BCUT2D eigenvalue weighted by Crippen LogP contribution is -2.32. The Morgan fingerprint density at radius 1 is 1.32 bits per heavy atom. The highest BCUT2D eigenvalue weighted by atomic mass is 31.2. The van der Waals surface area contributed by atoms with Gasteiger partial charge in [-0.25, -0.2) is 0 Å². The number of phosphoric acid groups is 1. The van der Waals surface area contributed by atoms with Gasteiger partial charge in [0, 0.05) is 11.1 Å². The van der Waals surface area contributed by atoms with Crippen LogP contribution in [0.15, 0.2) is 12.1 Å². The normalized spacial score (nSPS) is 25.0. The monoisotopic (exact) mass is 363 g/mol. The lowest BCUT2D eigenvalue weighted by Gasteiger charge is -2.30. The minimum absolute atomic E-state index is 0.261. The van der Waals surface area contributed by atoms with Crippen molar-refractivity contribution >= 4 is 24.6 Å². The fourth-order valence-electron chi connectivity index (χ4n) is 4.03. The molecule has 0 aliphatic carbocycles. The Balaban J connectivity index is 1.71. The van der Waals surface area contributed by atoms with Gasteiger partial charge in [0.2, 0.25) is 11.8 Å². The summed E-state index contributed by atoms with van der Waals surface area (Å²) in [6.45, 7) is 5.19. The van der Waals surface area contributed by atoms with Crippen LogP contribution in [0.5, 0.6) is 11.6 Å². The summed E-state index contributed by atoms with van der Waals surface area (Å²) in [6.07, 6.45) is 1.95. The number of hydrogen-bond acceptors (Lipinski definition) is 6. The molecule has 2 aromatic rings. The summed E-state index contributed by atoms with van der Waals surface area (Å²) in [7, 11) is -3.75. The molecule has 0 spiro atoms. The first-order chi connectivity index (χ1) is 12.0. The molecule has 5 heterocycles. The summed E-state index contributed by atoms with van der Waals surface area (Å²) in [4.78, 5) is 14.0. The van der Waals surface area contributed by atoms with Gasteiger partial charge in [0.1, 0.15) is 5.75 Å². The molecule has 1 amide bonds. The number of nitrogens with two attached hydrogens (primary N) is 1. The number of primary amides is 1. The highest BCUT2D eigenvalue weighted by molar-refractivity contribution is 7.49. The van der Waals surface area contributed by atoms with E-state index in [0.29, 0.717) is 22.7 Å². The average Bonchev–Trinajstić information content (AvgIpc) is 3.00. The summed E-state index contributed by atoms with van der Waals surface area (Å²) in [5.41, 5.74) is 7.28. The number of amides is 1. The zero-order valence-electron chi connectivity index (χ0n) is 13.7. The van der Waals surface area contributed by atoms with Gasteiger partial charge in [-0.05, 0) is 50.5 Å². The number of rotatable bonds is 3. The molecule has 1 aromatic heterocycles. The third kappa shape index (κ3) is 2.04. The quantitative estimate of drug-likeness (QED) is 0.841. The SMILES string of the molecule is CCN1CCC(c2c3n4c5cc(C(N)=O)cc(c25)OP(=O)(O3)O4)CC1. The molecule has 1 unspecified atom stereocenters. The van der Waals surface area contributed by atoms with E-state index < -0.39 is 13.7 Å². The molecule has 4 aliphatic heterocycles. The van der Waals surface area contributed by atoms with Crippen molar-refractivity contribution in [2.45, 2.75) is 25.7 Å². The summed E-state index contributed by atoms with van der Waals surface area (Å²) in [5, 5.41) is 0.810. The van der Waals surface area contributed by atoms with Gasteiger partial charge in [-0.3, -0.25) is 9.42 Å². The second-order valence-electron chi connectivity index (χ2n) is 6.67. The van der Waals surface area contributed by atoms with Crippen molar-refractivity contribution < 1.29 is 23.0 Å². The van der Waals surface area contributed by atoms with Gasteiger partial charge in [-0.2, -0.15) is 4.57 Å². The highest BCUT2D eigenvalue weighted by Gasteiger charge is 2.50. The number of hydrogen-bond donors (Lipinski definition) is 1. The van der Waals surface area contributed by atoms with E-state index in [1.807, 2.05) is 0 Å². The van der Waals surface area contributed by atoms with Crippen molar-refractivity contribution in [1.82, 2.24) is 9.63 Å². The van der Waals surface area contributed by atoms with Crippen molar-refractivity contribution in [2.24, 2.45) is 5.73 Å². The molecular formula is C16H18N3O5P. The standard InChI is InChI=1S/C16H18N3O5P/c1-2-18-5-3-9(4-6-18)13-14-11-7-10(15(17)20)8-12(14)22-25(21)23-16(13)19(11)24-25/h7-9H,2-6H2,1H3,(H2,17,20). The number of piperidine rings is 1. The van der Waals surface area contributed by atoms with Crippen LogP contribution in [0.2, 0.25) is 0 Å². The molecule has 9 heteroatoms. The minimum atomic E-state index is -3.75. The summed E-state index contributed by atoms with van der Waals surface area (Å²) < 4.78 is 30.7. The summed E-state index contributed by atoms with van der Waals surface area (Å²) >= 11 is 0. The minimum Gasteiger partial charge on any atom is -0.384 e. The van der Waals surface area contributed by atoms with Crippen LogP contribution in [0.4, 0.5) is 0 Å². The van der Waals surface area contributed by atoms with E-state index in [0.717, 1.165) is 43.4 Å². The van der Waals surface area contributed by atoms with E-state index >= 15 is 0 Å². The van der Waals surface area contributed by atoms with E-state index in [1.165, 1.54) is 10.8 Å². The number of likely N-dealkylation sites (tertiary alicyclic amines) is 1. The lowest BCUT2D eigenvalue weighted by atomic mass is 9.88. The van der Waals surface area contributed by atoms with E-state index in [4.69, 9.17) is 19.4 Å². The van der Waals surface area contributed by atoms with Gasteiger partial charge in [-0.1, -0.05) is 6.92 Å². The Hall–Kier alpha value is -2.18. The number of phosphoric ester groups is 1. The zero-order valence-corrected chi connectivity index (χ0v) is 14.6. The molecule has 1 aromatic carbocycles. The first kappa shape index (κ1) is 15.1. The maximum absolute atomic E-state index is 12.7. The number of carbonyl (C=O) groups is 1. The van der Waals surface area contributed by atoms with E-state index in [-0.39, 0.29) is 5.92 Å². The molecule has 0 radical (unpaired) electrons. The van der Waals surface area contributed by atoms with Gasteiger partial charge in [0.25, 0.3) is 0 Å². The fraction of sp³-hybridized carbons (Fsp3) is 0.438. The van der Waals surface area contributed by atoms with Crippen LogP contribution in [-0.2, 0) is 4.57 Å². The Bertz CT molecular complexity index is 961. The molecule has 6 rings (SSSR count). The molecule has 1 atom stereocenters. The second-order valence-corrected chi connectivity index (χ2v) is 8.09. The van der Waals surface area contributed by atoms with E-state index in [1.54, 1.807) is 6.07 Å². The second kappa shape index (κ2) is 4.93. The molecule has 0 saturated carbocycles. The molecule has 2 N–H and O–H groups in total. The highest BCUT2D eigenvalue weighted by Crippen LogP contribution is 2.62. The fourth-order valence-corrected chi connectivity index (χ4v) is 5.27. The summed E-state index contributed by atoms with van der Waals surface area (Å²) in [6, 6.07) is 3.17. The molecule has 1 fully saturated rings. The predicted molar refractivity (Wildman–Crippen MR) is 90.0 cm³/mol. The third-order valence-corrected chi connectivity index (χ3v) is 6.48. The molecule has 6 bridgehead atoms. The molecule has 8 nitrogen and oxygen atoms in total. The third-order valence-electron chi connectivity index (χ3n) is 5.30. The number of aromatic nitrogens is 1. The van der Waals surface area contributed by atoms with Gasteiger partial charge < -0.3 is 19.7 Å². The molecule has 1 saturated heterocycles. The van der Waals surface area contributed by atoms with Crippen LogP contribution in [0, 0.1) is 0 Å². The number of carbonyl (C=O) groups excluding carboxylic acids is 1. The van der Waals surface area contributed by atoms with Gasteiger partial charge in [0.15, 0.2) is 0 Å². The Labute approximate surface area is 144 Å². The van der Waals surface area contributed by atoms with Crippen LogP contribution < -0.4 is 19.4 Å². The first-order valence-electron chi connectivity index (χ1n) is 8.43. The Morgan fingerprint density at radius 3 is 2.76 bits per heavy atom. The van der Waals surface area contributed by atoms with Crippen LogP contribution in [-0.4, -0.2) is 35.2 Å². The number of nitrogens with zero attached hydrogens (tertiary/aromatic N) is 2. The smallest absolute Gasteiger partial charge is 0.384 e. The summed E-state index contributed by atoms with van der Waals surface area (Å²) in [5.74, 6) is 0.472. The Morgan fingerprint density at radius 2 is 2.08 bits per heavy atom. The molecule has 4 aliphatic rings. The van der Waals surface area contributed by atoms with Crippen molar-refractivity contribution in [3.8, 4) is 11.6 Å². The Kier molecular flexibility index (Phi) is 2.98. The predicted octanol–water partition coefficient (Wildman–Crippen LogP) is 2.26. The first-order valence-corrected chi connectivity index (χ1v) is 9.89. The van der Waals surface area contributed by atoms with E-state index in [9.17, 15) is 9.36 Å². The van der Waals surface area contributed by atoms with Crippen molar-refractivity contribution in [1.29, 1.82) is 0 Å². The van der Waals surface area contributed by atoms with Gasteiger partial charge in [0.05, 0.1) is 10.9 Å². The van der Waals surface area contributed by atoms with Crippen molar-refractivity contribution in [3.63, 3.8) is 0 Å². The molecule has 132 valence electrons. The zero-order chi connectivity index (χ0) is 17.3. The van der Waals surface area contributed by atoms with Crippen LogP contribution in [0.1, 0.15) is 41.6 Å². The lowest BCUT2D eigenvalue weighted by molar-refractivity contribution is 0.1000.